The molecule has 1 aromatic heterocycles. The zero-order chi connectivity index (χ0) is 14.3. The van der Waals surface area contributed by atoms with Crippen molar-refractivity contribution in [2.75, 3.05) is 25.1 Å². The van der Waals surface area contributed by atoms with Crippen LogP contribution < -0.4 is 10.6 Å². The Hall–Kier alpha value is -1.17. The fraction of sp³-hybridized carbons (Fsp3) is 0.692. The number of guanidine groups is 1. The van der Waals surface area contributed by atoms with E-state index in [0.29, 0.717) is 6.54 Å². The molecule has 0 saturated heterocycles. The molecule has 0 aromatic carbocycles. The van der Waals surface area contributed by atoms with Crippen molar-refractivity contribution >= 4 is 17.7 Å². The van der Waals surface area contributed by atoms with Gasteiger partial charge in [-0.25, -0.2) is 4.99 Å². The average molecular weight is 283 g/mol. The molecule has 0 aliphatic rings. The predicted molar refractivity (Wildman–Crippen MR) is 83.9 cm³/mol. The fourth-order valence-electron chi connectivity index (χ4n) is 1.82. The summed E-state index contributed by atoms with van der Waals surface area (Å²) in [5.41, 5.74) is 3.45. The Morgan fingerprint density at radius 1 is 1.37 bits per heavy atom. The smallest absolute Gasteiger partial charge is 0.191 e. The monoisotopic (exact) mass is 283 g/mol. The summed E-state index contributed by atoms with van der Waals surface area (Å²) in [6.45, 7) is 8.66. The second kappa shape index (κ2) is 8.09. The zero-order valence-electron chi connectivity index (χ0n) is 12.6. The first-order chi connectivity index (χ1) is 9.10. The van der Waals surface area contributed by atoms with Gasteiger partial charge in [0.15, 0.2) is 5.96 Å². The van der Waals surface area contributed by atoms with Gasteiger partial charge in [0.25, 0.3) is 0 Å². The molecule has 0 aliphatic heterocycles. The SMILES string of the molecule is CCNC(=NCc1c(C)nn(C)c1C)NCCSC. The number of thioether (sulfide) groups is 1. The molecule has 2 N–H and O–H groups in total. The summed E-state index contributed by atoms with van der Waals surface area (Å²) in [6, 6.07) is 0. The number of nitrogens with zero attached hydrogens (tertiary/aromatic N) is 3. The van der Waals surface area contributed by atoms with Crippen molar-refractivity contribution in [2.45, 2.75) is 27.3 Å². The molecule has 0 amide bonds. The molecule has 0 atom stereocenters. The first-order valence-electron chi connectivity index (χ1n) is 6.60. The fourth-order valence-corrected chi connectivity index (χ4v) is 2.12. The van der Waals surface area contributed by atoms with Crippen molar-refractivity contribution in [1.29, 1.82) is 0 Å². The lowest BCUT2D eigenvalue weighted by Crippen LogP contribution is -2.38. The Labute approximate surface area is 120 Å². The number of hydrogen-bond acceptors (Lipinski definition) is 3. The first-order valence-corrected chi connectivity index (χ1v) is 7.99. The predicted octanol–water partition coefficient (Wildman–Crippen LogP) is 1.46. The Morgan fingerprint density at radius 3 is 2.63 bits per heavy atom. The third kappa shape index (κ3) is 4.78. The van der Waals surface area contributed by atoms with E-state index in [9.17, 15) is 0 Å². The van der Waals surface area contributed by atoms with Crippen LogP contribution in [-0.2, 0) is 13.6 Å². The van der Waals surface area contributed by atoms with Crippen molar-refractivity contribution < 1.29 is 0 Å². The van der Waals surface area contributed by atoms with Crippen LogP contribution in [0.2, 0.25) is 0 Å². The lowest BCUT2D eigenvalue weighted by molar-refractivity contribution is 0.730. The van der Waals surface area contributed by atoms with Gasteiger partial charge in [0, 0.05) is 37.1 Å². The van der Waals surface area contributed by atoms with Gasteiger partial charge in [0.1, 0.15) is 0 Å². The standard InChI is InChI=1S/C13H25N5S/c1-6-14-13(15-7-8-19-5)16-9-12-10(2)17-18(4)11(12)3/h6-9H2,1-5H3,(H2,14,15,16). The molecule has 1 aromatic rings. The molecule has 6 heteroatoms. The summed E-state index contributed by atoms with van der Waals surface area (Å²) in [4.78, 5) is 4.62. The van der Waals surface area contributed by atoms with Crippen molar-refractivity contribution in [3.63, 3.8) is 0 Å². The van der Waals surface area contributed by atoms with Crippen molar-refractivity contribution in [1.82, 2.24) is 20.4 Å². The number of nitrogens with one attached hydrogen (secondary N) is 2. The normalized spacial score (nSPS) is 11.7. The topological polar surface area (TPSA) is 54.2 Å². The van der Waals surface area contributed by atoms with Gasteiger partial charge in [0.05, 0.1) is 12.2 Å². The molecule has 0 fully saturated rings. The zero-order valence-corrected chi connectivity index (χ0v) is 13.4. The molecule has 1 heterocycles. The molecule has 1 rings (SSSR count). The second-order valence-corrected chi connectivity index (χ2v) is 5.37. The summed E-state index contributed by atoms with van der Waals surface area (Å²) in [5, 5.41) is 11.0. The van der Waals surface area contributed by atoms with Crippen LogP contribution in [-0.4, -0.2) is 40.8 Å². The van der Waals surface area contributed by atoms with Gasteiger partial charge >= 0.3 is 0 Å². The van der Waals surface area contributed by atoms with E-state index in [1.807, 2.05) is 30.4 Å². The summed E-state index contributed by atoms with van der Waals surface area (Å²) >= 11 is 1.83. The molecular weight excluding hydrogens is 258 g/mol. The molecule has 0 aliphatic carbocycles. The first kappa shape index (κ1) is 15.9. The minimum absolute atomic E-state index is 0.667. The van der Waals surface area contributed by atoms with E-state index in [1.54, 1.807) is 0 Å². The van der Waals surface area contributed by atoms with E-state index in [2.05, 4.69) is 40.8 Å². The Bertz CT molecular complexity index is 425. The van der Waals surface area contributed by atoms with E-state index in [-0.39, 0.29) is 0 Å². The lowest BCUT2D eigenvalue weighted by Gasteiger charge is -2.10. The molecule has 0 bridgehead atoms. The van der Waals surface area contributed by atoms with Gasteiger partial charge in [-0.3, -0.25) is 4.68 Å². The molecule has 0 saturated carbocycles. The number of hydrogen-bond donors (Lipinski definition) is 2. The Balaban J connectivity index is 2.68. The van der Waals surface area contributed by atoms with Crippen LogP contribution >= 0.6 is 11.8 Å². The second-order valence-electron chi connectivity index (χ2n) is 4.39. The van der Waals surface area contributed by atoms with Gasteiger partial charge in [-0.1, -0.05) is 0 Å². The largest absolute Gasteiger partial charge is 0.357 e. The maximum absolute atomic E-state index is 4.62. The summed E-state index contributed by atoms with van der Waals surface area (Å²) in [7, 11) is 1.97. The maximum atomic E-state index is 4.62. The van der Waals surface area contributed by atoms with E-state index in [0.717, 1.165) is 30.5 Å². The molecule has 0 radical (unpaired) electrons. The Morgan fingerprint density at radius 2 is 2.11 bits per heavy atom. The summed E-state index contributed by atoms with van der Waals surface area (Å²) < 4.78 is 1.91. The highest BCUT2D eigenvalue weighted by Crippen LogP contribution is 2.12. The molecular formula is C13H25N5S. The third-order valence-corrected chi connectivity index (χ3v) is 3.61. The number of aliphatic imine (C=N–C) groups is 1. The lowest BCUT2D eigenvalue weighted by atomic mass is 10.2. The number of aromatic nitrogens is 2. The van der Waals surface area contributed by atoms with Crippen molar-refractivity contribution in [2.24, 2.45) is 12.0 Å². The quantitative estimate of drug-likeness (QED) is 0.471. The minimum Gasteiger partial charge on any atom is -0.357 e. The molecule has 108 valence electrons. The molecule has 19 heavy (non-hydrogen) atoms. The van der Waals surface area contributed by atoms with Gasteiger partial charge in [-0.15, -0.1) is 0 Å². The number of rotatable bonds is 6. The van der Waals surface area contributed by atoms with Crippen LogP contribution in [0.3, 0.4) is 0 Å². The third-order valence-electron chi connectivity index (χ3n) is 3.00. The van der Waals surface area contributed by atoms with Crippen LogP contribution in [0.25, 0.3) is 0 Å². The van der Waals surface area contributed by atoms with Crippen molar-refractivity contribution in [3.8, 4) is 0 Å². The van der Waals surface area contributed by atoms with E-state index < -0.39 is 0 Å². The van der Waals surface area contributed by atoms with Crippen LogP contribution in [0, 0.1) is 13.8 Å². The van der Waals surface area contributed by atoms with Gasteiger partial charge < -0.3 is 10.6 Å². The van der Waals surface area contributed by atoms with E-state index >= 15 is 0 Å². The molecule has 0 spiro atoms. The number of aryl methyl sites for hydroxylation is 2. The highest BCUT2D eigenvalue weighted by atomic mass is 32.2. The maximum Gasteiger partial charge on any atom is 0.191 e. The molecule has 5 nitrogen and oxygen atoms in total. The van der Waals surface area contributed by atoms with E-state index in [1.165, 1.54) is 11.3 Å². The highest BCUT2D eigenvalue weighted by molar-refractivity contribution is 7.98. The van der Waals surface area contributed by atoms with Crippen molar-refractivity contribution in [3.05, 3.63) is 17.0 Å². The Kier molecular flexibility index (Phi) is 6.77. The average Bonchev–Trinajstić information content (AvgIpc) is 2.61. The minimum atomic E-state index is 0.667. The molecule has 0 unspecified atom stereocenters. The van der Waals surface area contributed by atoms with Crippen LogP contribution in [0.1, 0.15) is 23.9 Å². The van der Waals surface area contributed by atoms with Crippen LogP contribution in [0.4, 0.5) is 0 Å². The van der Waals surface area contributed by atoms with Crippen LogP contribution in [0.15, 0.2) is 4.99 Å². The van der Waals surface area contributed by atoms with Gasteiger partial charge in [-0.05, 0) is 27.0 Å². The van der Waals surface area contributed by atoms with E-state index in [4.69, 9.17) is 0 Å². The van der Waals surface area contributed by atoms with Gasteiger partial charge in [-0.2, -0.15) is 16.9 Å². The summed E-state index contributed by atoms with van der Waals surface area (Å²) in [6.07, 6.45) is 2.11. The summed E-state index contributed by atoms with van der Waals surface area (Å²) in [5.74, 6) is 1.95. The van der Waals surface area contributed by atoms with Crippen LogP contribution in [0.5, 0.6) is 0 Å². The van der Waals surface area contributed by atoms with Gasteiger partial charge in [0.2, 0.25) is 0 Å². The highest BCUT2D eigenvalue weighted by Gasteiger charge is 2.08.